The van der Waals surface area contributed by atoms with Gasteiger partial charge >= 0.3 is 5.97 Å². The number of hydrogen-bond acceptors (Lipinski definition) is 3. The second-order valence-electron chi connectivity index (χ2n) is 4.22. The van der Waals surface area contributed by atoms with E-state index in [1.165, 1.54) is 11.8 Å². The normalized spacial score (nSPS) is 11.1. The highest BCUT2D eigenvalue weighted by molar-refractivity contribution is 14.1. The minimum atomic E-state index is -0.811. The number of aliphatic carboxylic acids is 1. The number of carboxylic acids is 1. The Kier molecular flexibility index (Phi) is 5.09. The van der Waals surface area contributed by atoms with Gasteiger partial charge in [0.15, 0.2) is 5.16 Å². The van der Waals surface area contributed by atoms with Crippen LogP contribution in [0.15, 0.2) is 23.4 Å². The Hall–Kier alpha value is -0.760. The summed E-state index contributed by atoms with van der Waals surface area (Å²) >= 11 is 3.55. The van der Waals surface area contributed by atoms with E-state index in [4.69, 9.17) is 5.11 Å². The molecule has 4 nitrogen and oxygen atoms in total. The molecule has 102 valence electrons. The quantitative estimate of drug-likeness (QED) is 0.605. The molecule has 0 spiro atoms. The van der Waals surface area contributed by atoms with E-state index < -0.39 is 5.97 Å². The fourth-order valence-electron chi connectivity index (χ4n) is 1.85. The third-order valence-corrected chi connectivity index (χ3v) is 4.37. The van der Waals surface area contributed by atoms with Crippen molar-refractivity contribution < 1.29 is 9.90 Å². The zero-order chi connectivity index (χ0) is 13.8. The highest BCUT2D eigenvalue weighted by Crippen LogP contribution is 2.25. The monoisotopic (exact) mass is 390 g/mol. The van der Waals surface area contributed by atoms with E-state index in [0.29, 0.717) is 0 Å². The number of nitrogens with zero attached hydrogens (tertiary/aromatic N) is 2. The lowest BCUT2D eigenvalue weighted by atomic mass is 10.3. The molecule has 1 aromatic heterocycles. The largest absolute Gasteiger partial charge is 0.481 e. The highest BCUT2D eigenvalue weighted by atomic mass is 127. The van der Waals surface area contributed by atoms with Gasteiger partial charge in [-0.3, -0.25) is 4.79 Å². The van der Waals surface area contributed by atoms with Gasteiger partial charge in [0.2, 0.25) is 0 Å². The van der Waals surface area contributed by atoms with Crippen molar-refractivity contribution in [3.63, 3.8) is 0 Å². The van der Waals surface area contributed by atoms with E-state index in [0.717, 1.165) is 39.1 Å². The number of carboxylic acid groups (broad SMARTS) is 1. The molecule has 0 radical (unpaired) electrons. The van der Waals surface area contributed by atoms with Crippen LogP contribution >= 0.6 is 34.4 Å². The molecule has 1 N–H and O–H groups in total. The highest BCUT2D eigenvalue weighted by Gasteiger charge is 2.12. The summed E-state index contributed by atoms with van der Waals surface area (Å²) in [6.45, 7) is 3.03. The van der Waals surface area contributed by atoms with Gasteiger partial charge in [0.05, 0.1) is 16.8 Å². The van der Waals surface area contributed by atoms with Gasteiger partial charge in [-0.25, -0.2) is 4.98 Å². The molecule has 2 aromatic rings. The summed E-state index contributed by atoms with van der Waals surface area (Å²) in [5.74, 6) is -0.763. The van der Waals surface area contributed by atoms with Crippen LogP contribution in [0.5, 0.6) is 0 Å². The standard InChI is InChI=1S/C13H15IN2O2S/c1-2-3-6-16-11-5-4-9(14)7-10(11)15-13(16)19-8-12(17)18/h4-5,7H,2-3,6,8H2,1H3,(H,17,18). The van der Waals surface area contributed by atoms with E-state index >= 15 is 0 Å². The van der Waals surface area contributed by atoms with Crippen LogP contribution in [-0.2, 0) is 11.3 Å². The first-order valence-electron chi connectivity index (χ1n) is 6.12. The van der Waals surface area contributed by atoms with Gasteiger partial charge in [-0.05, 0) is 47.2 Å². The Balaban J connectivity index is 2.38. The Bertz CT molecular complexity index is 598. The SMILES string of the molecule is CCCCn1c(SCC(=O)O)nc2cc(I)ccc21. The number of carbonyl (C=O) groups is 1. The van der Waals surface area contributed by atoms with Crippen LogP contribution in [0.2, 0.25) is 0 Å². The molecule has 0 fully saturated rings. The maximum atomic E-state index is 10.7. The minimum Gasteiger partial charge on any atom is -0.481 e. The van der Waals surface area contributed by atoms with Crippen LogP contribution in [0, 0.1) is 3.57 Å². The van der Waals surface area contributed by atoms with E-state index in [1.54, 1.807) is 0 Å². The van der Waals surface area contributed by atoms with E-state index in [1.807, 2.05) is 6.07 Å². The maximum Gasteiger partial charge on any atom is 0.313 e. The Morgan fingerprint density at radius 2 is 2.32 bits per heavy atom. The van der Waals surface area contributed by atoms with Crippen LogP contribution in [-0.4, -0.2) is 26.4 Å². The predicted octanol–water partition coefficient (Wildman–Crippen LogP) is 3.62. The number of rotatable bonds is 6. The van der Waals surface area contributed by atoms with E-state index in [2.05, 4.69) is 51.2 Å². The van der Waals surface area contributed by atoms with Crippen LogP contribution in [0.25, 0.3) is 11.0 Å². The molecule has 0 atom stereocenters. The van der Waals surface area contributed by atoms with Crippen molar-refractivity contribution in [1.82, 2.24) is 9.55 Å². The lowest BCUT2D eigenvalue weighted by molar-refractivity contribution is -0.133. The number of fused-ring (bicyclic) bond motifs is 1. The summed E-state index contributed by atoms with van der Waals surface area (Å²) < 4.78 is 3.27. The first-order chi connectivity index (χ1) is 9.11. The number of aromatic nitrogens is 2. The number of thioether (sulfide) groups is 1. The predicted molar refractivity (Wildman–Crippen MR) is 85.7 cm³/mol. The van der Waals surface area contributed by atoms with Gasteiger partial charge in [-0.2, -0.15) is 0 Å². The Morgan fingerprint density at radius 3 is 3.00 bits per heavy atom. The van der Waals surface area contributed by atoms with Gasteiger partial charge in [0.25, 0.3) is 0 Å². The van der Waals surface area contributed by atoms with E-state index in [9.17, 15) is 4.79 Å². The fourth-order valence-corrected chi connectivity index (χ4v) is 3.09. The summed E-state index contributed by atoms with van der Waals surface area (Å²) in [6, 6.07) is 6.15. The van der Waals surface area contributed by atoms with Crippen molar-refractivity contribution in [1.29, 1.82) is 0 Å². The molecule has 0 aliphatic heterocycles. The summed E-state index contributed by atoms with van der Waals surface area (Å²) in [6.07, 6.45) is 2.17. The first-order valence-corrected chi connectivity index (χ1v) is 8.18. The van der Waals surface area contributed by atoms with Crippen LogP contribution in [0.4, 0.5) is 0 Å². The number of unbranched alkanes of at least 4 members (excludes halogenated alkanes) is 1. The molecule has 1 heterocycles. The van der Waals surface area contributed by atoms with Gasteiger partial charge in [-0.15, -0.1) is 0 Å². The summed E-state index contributed by atoms with van der Waals surface area (Å²) in [5, 5.41) is 9.60. The van der Waals surface area contributed by atoms with Crippen molar-refractivity contribution in [3.8, 4) is 0 Å². The molecule has 2 rings (SSSR count). The Morgan fingerprint density at radius 1 is 1.53 bits per heavy atom. The van der Waals surface area contributed by atoms with Crippen LogP contribution in [0.3, 0.4) is 0 Å². The second kappa shape index (κ2) is 6.60. The zero-order valence-corrected chi connectivity index (χ0v) is 13.6. The van der Waals surface area contributed by atoms with Crippen LogP contribution in [0.1, 0.15) is 19.8 Å². The molecular formula is C13H15IN2O2S. The molecule has 0 saturated heterocycles. The lowest BCUT2D eigenvalue weighted by Crippen LogP contribution is -2.03. The average Bonchev–Trinajstić information content (AvgIpc) is 2.70. The van der Waals surface area contributed by atoms with Crippen molar-refractivity contribution in [2.75, 3.05) is 5.75 Å². The fraction of sp³-hybridized carbons (Fsp3) is 0.385. The number of hydrogen-bond donors (Lipinski definition) is 1. The second-order valence-corrected chi connectivity index (χ2v) is 6.40. The summed E-state index contributed by atoms with van der Waals surface area (Å²) in [7, 11) is 0. The number of benzene rings is 1. The minimum absolute atomic E-state index is 0.0482. The molecular weight excluding hydrogens is 375 g/mol. The van der Waals surface area contributed by atoms with Crippen molar-refractivity contribution in [2.24, 2.45) is 0 Å². The number of imidazole rings is 1. The molecule has 0 unspecified atom stereocenters. The van der Waals surface area contributed by atoms with Crippen molar-refractivity contribution in [2.45, 2.75) is 31.5 Å². The molecule has 6 heteroatoms. The average molecular weight is 390 g/mol. The lowest BCUT2D eigenvalue weighted by Gasteiger charge is -2.07. The Labute approximate surface area is 129 Å². The third kappa shape index (κ3) is 3.62. The van der Waals surface area contributed by atoms with Crippen LogP contribution < -0.4 is 0 Å². The summed E-state index contributed by atoms with van der Waals surface area (Å²) in [4.78, 5) is 15.3. The molecule has 0 aliphatic carbocycles. The van der Waals surface area contributed by atoms with Gasteiger partial charge in [0, 0.05) is 10.1 Å². The smallest absolute Gasteiger partial charge is 0.313 e. The molecule has 0 saturated carbocycles. The third-order valence-electron chi connectivity index (χ3n) is 2.74. The number of halogens is 1. The van der Waals surface area contributed by atoms with Gasteiger partial charge in [-0.1, -0.05) is 25.1 Å². The molecule has 0 aliphatic rings. The van der Waals surface area contributed by atoms with Crippen molar-refractivity contribution >= 4 is 51.4 Å². The van der Waals surface area contributed by atoms with Crippen molar-refractivity contribution in [3.05, 3.63) is 21.8 Å². The first kappa shape index (κ1) is 14.6. The zero-order valence-electron chi connectivity index (χ0n) is 10.6. The molecule has 0 bridgehead atoms. The van der Waals surface area contributed by atoms with Gasteiger partial charge in [0.1, 0.15) is 0 Å². The maximum absolute atomic E-state index is 10.7. The number of aryl methyl sites for hydroxylation is 1. The van der Waals surface area contributed by atoms with E-state index in [-0.39, 0.29) is 5.75 Å². The molecule has 1 aromatic carbocycles. The topological polar surface area (TPSA) is 55.1 Å². The molecule has 19 heavy (non-hydrogen) atoms. The molecule has 0 amide bonds. The van der Waals surface area contributed by atoms with Gasteiger partial charge < -0.3 is 9.67 Å². The summed E-state index contributed by atoms with van der Waals surface area (Å²) in [5.41, 5.74) is 2.03.